The zero-order chi connectivity index (χ0) is 16.7. The van der Waals surface area contributed by atoms with Crippen molar-refractivity contribution in [2.75, 3.05) is 13.2 Å². The van der Waals surface area contributed by atoms with Crippen LogP contribution in [0.4, 0.5) is 5.82 Å². The highest BCUT2D eigenvalue weighted by molar-refractivity contribution is 14.1. The smallest absolute Gasteiger partial charge is 0.165 e. The van der Waals surface area contributed by atoms with Crippen LogP contribution < -0.4 is 11.1 Å². The third-order valence-electron chi connectivity index (χ3n) is 4.04. The molecule has 1 saturated heterocycles. The number of hydrogen-bond donors (Lipinski definition) is 5. The molecule has 0 saturated carbocycles. The summed E-state index contributed by atoms with van der Waals surface area (Å²) in [7, 11) is 0. The third kappa shape index (κ3) is 3.01. The van der Waals surface area contributed by atoms with Crippen molar-refractivity contribution in [2.24, 2.45) is 10.7 Å². The van der Waals surface area contributed by atoms with Gasteiger partial charge in [-0.15, -0.1) is 0 Å². The Morgan fingerprint density at radius 3 is 2.96 bits per heavy atom. The molecule has 126 valence electrons. The zero-order valence-corrected chi connectivity index (χ0v) is 14.7. The summed E-state index contributed by atoms with van der Waals surface area (Å²) in [5.41, 5.74) is 6.92. The molecule has 3 rings (SSSR count). The Labute approximate surface area is 146 Å². The average molecular weight is 434 g/mol. The molecule has 0 radical (unpaired) electrons. The number of aliphatic hydroxyl groups excluding tert-OH is 2. The highest BCUT2D eigenvalue weighted by Crippen LogP contribution is 2.35. The fourth-order valence-electron chi connectivity index (χ4n) is 2.72. The largest absolute Gasteiger partial charge is 0.394 e. The van der Waals surface area contributed by atoms with Gasteiger partial charge in [0.1, 0.15) is 15.6 Å². The van der Waals surface area contributed by atoms with Crippen LogP contribution in [0.1, 0.15) is 25.1 Å². The van der Waals surface area contributed by atoms with Crippen LogP contribution in [-0.2, 0) is 4.74 Å². The first-order valence-corrected chi connectivity index (χ1v) is 8.37. The van der Waals surface area contributed by atoms with Crippen LogP contribution in [0.15, 0.2) is 4.99 Å². The molecule has 1 aromatic rings. The highest BCUT2D eigenvalue weighted by Gasteiger charge is 2.37. The topological polar surface area (TPSA) is 142 Å². The molecule has 2 aliphatic heterocycles. The third-order valence-corrected chi connectivity index (χ3v) is 4.80. The van der Waals surface area contributed by atoms with E-state index in [1.54, 1.807) is 4.68 Å². The Morgan fingerprint density at radius 2 is 2.30 bits per heavy atom. The summed E-state index contributed by atoms with van der Waals surface area (Å²) in [4.78, 5) is 4.39. The molecule has 0 bridgehead atoms. The maximum atomic E-state index is 9.94. The van der Waals surface area contributed by atoms with Crippen molar-refractivity contribution in [3.8, 4) is 0 Å². The van der Waals surface area contributed by atoms with Gasteiger partial charge < -0.3 is 31.4 Å². The second-order valence-corrected chi connectivity index (χ2v) is 6.69. The maximum absolute atomic E-state index is 9.94. The van der Waals surface area contributed by atoms with Crippen molar-refractivity contribution in [1.82, 2.24) is 15.1 Å². The van der Waals surface area contributed by atoms with Crippen LogP contribution in [0.5, 0.6) is 0 Å². The number of fused-ring (bicyclic) bond motifs is 1. The SMILES string of the molecule is CC1NCC(N)=Nc2c(c(I)nn2[C@H]2CC(O)[C@@H](CO)O2)C1=N. The van der Waals surface area contributed by atoms with E-state index in [1.165, 1.54) is 0 Å². The summed E-state index contributed by atoms with van der Waals surface area (Å²) in [5.74, 6) is 0.849. The van der Waals surface area contributed by atoms with Crippen molar-refractivity contribution in [1.29, 1.82) is 5.41 Å². The van der Waals surface area contributed by atoms with Gasteiger partial charge in [0.2, 0.25) is 0 Å². The van der Waals surface area contributed by atoms with E-state index < -0.39 is 18.4 Å². The number of halogens is 1. The van der Waals surface area contributed by atoms with Crippen LogP contribution in [0.3, 0.4) is 0 Å². The first-order valence-electron chi connectivity index (χ1n) is 7.30. The van der Waals surface area contributed by atoms with E-state index in [-0.39, 0.29) is 12.6 Å². The van der Waals surface area contributed by atoms with Crippen LogP contribution in [-0.4, -0.2) is 62.9 Å². The summed E-state index contributed by atoms with van der Waals surface area (Å²) >= 11 is 2.05. The number of amidine groups is 1. The molecule has 1 fully saturated rings. The van der Waals surface area contributed by atoms with E-state index in [4.69, 9.17) is 15.9 Å². The molecule has 1 aromatic heterocycles. The molecular formula is C13H19IN6O3. The summed E-state index contributed by atoms with van der Waals surface area (Å²) < 4.78 is 7.83. The minimum atomic E-state index is -0.766. The van der Waals surface area contributed by atoms with Crippen LogP contribution in [0.2, 0.25) is 0 Å². The van der Waals surface area contributed by atoms with Gasteiger partial charge in [-0.05, 0) is 29.5 Å². The predicted molar refractivity (Wildman–Crippen MR) is 92.1 cm³/mol. The number of aliphatic imine (C=N–C) groups is 1. The lowest BCUT2D eigenvalue weighted by Crippen LogP contribution is -2.41. The number of nitrogens with zero attached hydrogens (tertiary/aromatic N) is 3. The van der Waals surface area contributed by atoms with Gasteiger partial charge in [0.15, 0.2) is 12.0 Å². The number of rotatable bonds is 2. The fraction of sp³-hybridized carbons (Fsp3) is 0.615. The van der Waals surface area contributed by atoms with Gasteiger partial charge >= 0.3 is 0 Å². The van der Waals surface area contributed by atoms with Gasteiger partial charge in [0.05, 0.1) is 30.5 Å². The lowest BCUT2D eigenvalue weighted by atomic mass is 10.1. The fourth-order valence-corrected chi connectivity index (χ4v) is 3.48. The summed E-state index contributed by atoms with van der Waals surface area (Å²) in [5, 5.41) is 35.1. The second-order valence-electron chi connectivity index (χ2n) is 5.67. The number of ether oxygens (including phenoxy) is 1. The van der Waals surface area contributed by atoms with Crippen molar-refractivity contribution < 1.29 is 14.9 Å². The molecule has 9 nitrogen and oxygen atoms in total. The molecule has 2 aliphatic rings. The second kappa shape index (κ2) is 6.43. The van der Waals surface area contributed by atoms with E-state index in [0.29, 0.717) is 39.6 Å². The molecule has 10 heteroatoms. The average Bonchev–Trinajstić information content (AvgIpc) is 3.03. The molecule has 6 N–H and O–H groups in total. The number of aliphatic hydroxyl groups is 2. The van der Waals surface area contributed by atoms with Crippen LogP contribution in [0.25, 0.3) is 0 Å². The van der Waals surface area contributed by atoms with E-state index in [9.17, 15) is 10.2 Å². The van der Waals surface area contributed by atoms with Crippen LogP contribution >= 0.6 is 22.6 Å². The van der Waals surface area contributed by atoms with Gasteiger partial charge in [-0.2, -0.15) is 5.10 Å². The maximum Gasteiger partial charge on any atom is 0.165 e. The zero-order valence-electron chi connectivity index (χ0n) is 12.5. The van der Waals surface area contributed by atoms with Crippen molar-refractivity contribution in [3.05, 3.63) is 9.26 Å². The van der Waals surface area contributed by atoms with Gasteiger partial charge in [0, 0.05) is 12.5 Å². The normalized spacial score (nSPS) is 31.5. The summed E-state index contributed by atoms with van der Waals surface area (Å²) in [6.45, 7) is 1.99. The quantitative estimate of drug-likeness (QED) is 0.397. The number of aromatic nitrogens is 2. The minimum Gasteiger partial charge on any atom is -0.394 e. The molecule has 3 heterocycles. The monoisotopic (exact) mass is 434 g/mol. The van der Waals surface area contributed by atoms with Crippen molar-refractivity contribution in [2.45, 2.75) is 37.8 Å². The highest BCUT2D eigenvalue weighted by atomic mass is 127. The van der Waals surface area contributed by atoms with E-state index in [1.807, 2.05) is 6.92 Å². The summed E-state index contributed by atoms with van der Waals surface area (Å²) in [6, 6.07) is -0.186. The first-order chi connectivity index (χ1) is 10.9. The Hall–Kier alpha value is -1.08. The van der Waals surface area contributed by atoms with Crippen LogP contribution in [0, 0.1) is 9.11 Å². The Balaban J connectivity index is 2.06. The predicted octanol–water partition coefficient (Wildman–Crippen LogP) is -0.523. The number of hydrogen-bond acceptors (Lipinski definition) is 8. The molecule has 0 aliphatic carbocycles. The first kappa shape index (κ1) is 16.8. The number of nitrogens with two attached hydrogens (primary N) is 1. The van der Waals surface area contributed by atoms with E-state index in [2.05, 4.69) is 38.0 Å². The minimum absolute atomic E-state index is 0.186. The summed E-state index contributed by atoms with van der Waals surface area (Å²) in [6.07, 6.45) is -1.66. The molecule has 0 amide bonds. The Bertz CT molecular complexity index is 660. The van der Waals surface area contributed by atoms with Gasteiger partial charge in [-0.1, -0.05) is 0 Å². The van der Waals surface area contributed by atoms with Gasteiger partial charge in [-0.25, -0.2) is 9.67 Å². The van der Waals surface area contributed by atoms with E-state index >= 15 is 0 Å². The molecular weight excluding hydrogens is 415 g/mol. The van der Waals surface area contributed by atoms with Gasteiger partial charge in [0.25, 0.3) is 0 Å². The molecule has 0 aromatic carbocycles. The Kier molecular flexibility index (Phi) is 4.69. The number of nitrogens with one attached hydrogen (secondary N) is 2. The molecule has 4 atom stereocenters. The van der Waals surface area contributed by atoms with Gasteiger partial charge in [-0.3, -0.25) is 0 Å². The lowest BCUT2D eigenvalue weighted by molar-refractivity contribution is -0.0478. The molecule has 2 unspecified atom stereocenters. The van der Waals surface area contributed by atoms with Crippen molar-refractivity contribution in [3.63, 3.8) is 0 Å². The Morgan fingerprint density at radius 1 is 1.57 bits per heavy atom. The molecule has 23 heavy (non-hydrogen) atoms. The molecule has 0 spiro atoms. The lowest BCUT2D eigenvalue weighted by Gasteiger charge is -2.19. The standard InChI is InChI=1S/C13H19IN6O3/c1-5-11(16)10-12(14)19-20(13(10)18-8(15)3-17-5)9-2-6(22)7(4-21)23-9/h5-7,9,16-17,21-22H,2-4H2,1H3,(H2,15,18)/t5?,6?,7-,9-/m1/s1. The van der Waals surface area contributed by atoms with Crippen molar-refractivity contribution >= 4 is 40.0 Å². The van der Waals surface area contributed by atoms with E-state index in [0.717, 1.165) is 0 Å².